The Morgan fingerprint density at radius 2 is 1.76 bits per heavy atom. The molecule has 1 fully saturated rings. The molecule has 0 amide bonds. The van der Waals surface area contributed by atoms with Crippen molar-refractivity contribution < 1.29 is 0 Å². The number of hydrogen-bond donors (Lipinski definition) is 1. The van der Waals surface area contributed by atoms with Crippen LogP contribution < -0.4 is 5.73 Å². The molecule has 1 heterocycles. The van der Waals surface area contributed by atoms with E-state index in [9.17, 15) is 0 Å². The first kappa shape index (κ1) is 12.0. The van der Waals surface area contributed by atoms with Gasteiger partial charge in [-0.15, -0.1) is 0 Å². The Hall–Kier alpha value is -1.43. The van der Waals surface area contributed by atoms with E-state index in [0.717, 1.165) is 5.56 Å². The smallest absolute Gasteiger partial charge is 0.122 e. The highest BCUT2D eigenvalue weighted by Crippen LogP contribution is 2.34. The minimum atomic E-state index is 0.498. The topological polar surface area (TPSA) is 54.7 Å². The summed E-state index contributed by atoms with van der Waals surface area (Å²) in [7, 11) is 0. The highest BCUT2D eigenvalue weighted by Gasteiger charge is 2.22. The van der Waals surface area contributed by atoms with E-state index in [2.05, 4.69) is 17.6 Å². The van der Waals surface area contributed by atoms with Crippen LogP contribution >= 0.6 is 0 Å². The van der Waals surface area contributed by atoms with Gasteiger partial charge in [-0.2, -0.15) is 5.26 Å². The molecular formula is C14H21N3. The van der Waals surface area contributed by atoms with Crippen LogP contribution in [0.5, 0.6) is 0 Å². The predicted octanol–water partition coefficient (Wildman–Crippen LogP) is 3.45. The summed E-state index contributed by atoms with van der Waals surface area (Å²) in [6, 6.07) is 2.73. The maximum atomic E-state index is 9.15. The molecule has 0 aliphatic heterocycles. The number of nitrogen functional groups attached to an aromatic ring is 1. The third-order valence-electron chi connectivity index (χ3n) is 4.10. The van der Waals surface area contributed by atoms with Crippen LogP contribution in [0.25, 0.3) is 0 Å². The molecule has 0 bridgehead atoms. The Morgan fingerprint density at radius 3 is 2.24 bits per heavy atom. The Balaban J connectivity index is 2.41. The molecule has 1 aliphatic rings. The van der Waals surface area contributed by atoms with Gasteiger partial charge in [0.05, 0.1) is 5.56 Å². The van der Waals surface area contributed by atoms with E-state index >= 15 is 0 Å². The van der Waals surface area contributed by atoms with Gasteiger partial charge in [-0.3, -0.25) is 0 Å². The minimum absolute atomic E-state index is 0.498. The van der Waals surface area contributed by atoms with Crippen molar-refractivity contribution in [3.05, 3.63) is 16.8 Å². The molecule has 1 aromatic rings. The van der Waals surface area contributed by atoms with Crippen molar-refractivity contribution in [1.29, 1.82) is 5.26 Å². The maximum Gasteiger partial charge on any atom is 0.122 e. The lowest BCUT2D eigenvalue weighted by Gasteiger charge is -2.20. The van der Waals surface area contributed by atoms with E-state index in [1.807, 2.05) is 6.92 Å². The number of anilines is 1. The van der Waals surface area contributed by atoms with Gasteiger partial charge in [0.1, 0.15) is 11.9 Å². The summed E-state index contributed by atoms with van der Waals surface area (Å²) in [5, 5.41) is 9.15. The molecule has 17 heavy (non-hydrogen) atoms. The van der Waals surface area contributed by atoms with Crippen LogP contribution in [0.2, 0.25) is 0 Å². The number of aromatic nitrogens is 1. The number of nitrogens with two attached hydrogens (primary N) is 1. The molecule has 0 spiro atoms. The molecule has 0 atom stereocenters. The lowest BCUT2D eigenvalue weighted by molar-refractivity contribution is 0.442. The first-order valence-corrected chi connectivity index (χ1v) is 6.53. The summed E-state index contributed by atoms with van der Waals surface area (Å²) in [4.78, 5) is 0. The number of nitrogens with zero attached hydrogens (tertiary/aromatic N) is 2. The number of hydrogen-bond acceptors (Lipinski definition) is 2. The van der Waals surface area contributed by atoms with Gasteiger partial charge in [0.25, 0.3) is 0 Å². The van der Waals surface area contributed by atoms with E-state index in [-0.39, 0.29) is 0 Å². The molecule has 2 N–H and O–H groups in total. The SMILES string of the molecule is Cc1c(C#N)c(N)n(C2CCCCCC2)c1C. The Kier molecular flexibility index (Phi) is 3.42. The van der Waals surface area contributed by atoms with Gasteiger partial charge in [0.2, 0.25) is 0 Å². The number of rotatable bonds is 1. The summed E-state index contributed by atoms with van der Waals surface area (Å²) in [5.41, 5.74) is 9.03. The maximum absolute atomic E-state index is 9.15. The fourth-order valence-corrected chi connectivity index (χ4v) is 2.98. The Morgan fingerprint density at radius 1 is 1.18 bits per heavy atom. The van der Waals surface area contributed by atoms with Crippen molar-refractivity contribution >= 4 is 5.82 Å². The fourth-order valence-electron chi connectivity index (χ4n) is 2.98. The van der Waals surface area contributed by atoms with Crippen LogP contribution in [-0.4, -0.2) is 4.57 Å². The lowest BCUT2D eigenvalue weighted by atomic mass is 10.1. The third kappa shape index (κ3) is 2.04. The van der Waals surface area contributed by atoms with Crippen LogP contribution in [0.1, 0.15) is 61.4 Å². The van der Waals surface area contributed by atoms with Gasteiger partial charge in [-0.1, -0.05) is 25.7 Å². The molecule has 3 nitrogen and oxygen atoms in total. The molecule has 92 valence electrons. The minimum Gasteiger partial charge on any atom is -0.384 e. The summed E-state index contributed by atoms with van der Waals surface area (Å²) >= 11 is 0. The molecule has 0 saturated heterocycles. The largest absolute Gasteiger partial charge is 0.384 e. The van der Waals surface area contributed by atoms with Gasteiger partial charge in [-0.05, 0) is 32.3 Å². The average molecular weight is 231 g/mol. The summed E-state index contributed by atoms with van der Waals surface area (Å²) in [5.74, 6) is 0.675. The second-order valence-corrected chi connectivity index (χ2v) is 5.10. The van der Waals surface area contributed by atoms with E-state index in [1.165, 1.54) is 44.2 Å². The van der Waals surface area contributed by atoms with Crippen LogP contribution in [0.15, 0.2) is 0 Å². The van der Waals surface area contributed by atoms with E-state index in [0.29, 0.717) is 17.4 Å². The monoisotopic (exact) mass is 231 g/mol. The molecule has 1 aromatic heterocycles. The van der Waals surface area contributed by atoms with Crippen molar-refractivity contribution in [3.8, 4) is 6.07 Å². The van der Waals surface area contributed by atoms with Crippen molar-refractivity contribution in [2.24, 2.45) is 0 Å². The van der Waals surface area contributed by atoms with Crippen LogP contribution in [-0.2, 0) is 0 Å². The summed E-state index contributed by atoms with van der Waals surface area (Å²) < 4.78 is 2.21. The molecule has 1 aliphatic carbocycles. The Labute approximate surface area is 103 Å². The van der Waals surface area contributed by atoms with Crippen molar-refractivity contribution in [2.45, 2.75) is 58.4 Å². The first-order valence-electron chi connectivity index (χ1n) is 6.53. The zero-order valence-corrected chi connectivity index (χ0v) is 10.8. The van der Waals surface area contributed by atoms with Crippen LogP contribution in [0.3, 0.4) is 0 Å². The van der Waals surface area contributed by atoms with Gasteiger partial charge in [0, 0.05) is 11.7 Å². The molecule has 0 radical (unpaired) electrons. The fraction of sp³-hybridized carbons (Fsp3) is 0.643. The van der Waals surface area contributed by atoms with Gasteiger partial charge in [-0.25, -0.2) is 0 Å². The van der Waals surface area contributed by atoms with Gasteiger partial charge >= 0.3 is 0 Å². The van der Waals surface area contributed by atoms with Gasteiger partial charge in [0.15, 0.2) is 0 Å². The molecular weight excluding hydrogens is 210 g/mol. The molecule has 1 saturated carbocycles. The zero-order chi connectivity index (χ0) is 12.4. The first-order chi connectivity index (χ1) is 8.16. The molecule has 0 aromatic carbocycles. The molecule has 3 heteroatoms. The predicted molar refractivity (Wildman–Crippen MR) is 69.8 cm³/mol. The quantitative estimate of drug-likeness (QED) is 0.752. The van der Waals surface area contributed by atoms with Crippen molar-refractivity contribution in [1.82, 2.24) is 4.57 Å². The third-order valence-corrected chi connectivity index (χ3v) is 4.10. The zero-order valence-electron chi connectivity index (χ0n) is 10.8. The standard InChI is InChI=1S/C14H21N3/c1-10-11(2)17(14(16)13(10)9-15)12-7-5-3-4-6-8-12/h12H,3-8,16H2,1-2H3. The second-order valence-electron chi connectivity index (χ2n) is 5.10. The van der Waals surface area contributed by atoms with Crippen LogP contribution in [0.4, 0.5) is 5.82 Å². The van der Waals surface area contributed by atoms with Crippen LogP contribution in [0, 0.1) is 25.2 Å². The van der Waals surface area contributed by atoms with E-state index < -0.39 is 0 Å². The normalized spacial score (nSPS) is 17.7. The van der Waals surface area contributed by atoms with Gasteiger partial charge < -0.3 is 10.3 Å². The van der Waals surface area contributed by atoms with E-state index in [4.69, 9.17) is 11.0 Å². The van der Waals surface area contributed by atoms with Crippen molar-refractivity contribution in [2.75, 3.05) is 5.73 Å². The van der Waals surface area contributed by atoms with Crippen molar-refractivity contribution in [3.63, 3.8) is 0 Å². The second kappa shape index (κ2) is 4.83. The van der Waals surface area contributed by atoms with E-state index in [1.54, 1.807) is 0 Å². The highest BCUT2D eigenvalue weighted by molar-refractivity contribution is 5.58. The number of nitriles is 1. The lowest BCUT2D eigenvalue weighted by Crippen LogP contribution is -2.12. The molecule has 2 rings (SSSR count). The summed E-state index contributed by atoms with van der Waals surface area (Å²) in [6.45, 7) is 4.08. The molecule has 0 unspecified atom stereocenters. The highest BCUT2D eigenvalue weighted by atomic mass is 15.1. The average Bonchev–Trinajstić information content (AvgIpc) is 2.55. The Bertz CT molecular complexity index is 443. The summed E-state index contributed by atoms with van der Waals surface area (Å²) in [6.07, 6.45) is 7.63.